The Labute approximate surface area is 97.9 Å². The molecule has 1 heterocycles. The van der Waals surface area contributed by atoms with E-state index in [-0.39, 0.29) is 0 Å². The van der Waals surface area contributed by atoms with Crippen LogP contribution >= 0.6 is 11.3 Å². The second-order valence-electron chi connectivity index (χ2n) is 4.46. The first-order valence-electron chi connectivity index (χ1n) is 5.82. The van der Waals surface area contributed by atoms with E-state index in [1.807, 2.05) is 11.3 Å². The number of hydrogen-bond donors (Lipinski definition) is 1. The summed E-state index contributed by atoms with van der Waals surface area (Å²) in [4.78, 5) is 2.89. The lowest BCUT2D eigenvalue weighted by molar-refractivity contribution is 0.421. The van der Waals surface area contributed by atoms with E-state index in [0.29, 0.717) is 6.04 Å². The van der Waals surface area contributed by atoms with Crippen molar-refractivity contribution in [2.45, 2.75) is 46.6 Å². The summed E-state index contributed by atoms with van der Waals surface area (Å²) < 4.78 is 0. The zero-order valence-electron chi connectivity index (χ0n) is 10.6. The minimum atomic E-state index is 0.532. The molecule has 1 nitrogen and oxygen atoms in total. The molecule has 0 aromatic carbocycles. The zero-order chi connectivity index (χ0) is 11.4. The van der Waals surface area contributed by atoms with Gasteiger partial charge in [0.05, 0.1) is 0 Å². The molecule has 0 saturated heterocycles. The predicted molar refractivity (Wildman–Crippen MR) is 69.7 cm³/mol. The molecule has 15 heavy (non-hydrogen) atoms. The minimum absolute atomic E-state index is 0.532. The van der Waals surface area contributed by atoms with Gasteiger partial charge in [-0.2, -0.15) is 0 Å². The smallest absolute Gasteiger partial charge is 0.0331 e. The highest BCUT2D eigenvalue weighted by Gasteiger charge is 2.16. The van der Waals surface area contributed by atoms with E-state index >= 15 is 0 Å². The van der Waals surface area contributed by atoms with Gasteiger partial charge >= 0.3 is 0 Å². The molecule has 0 aliphatic rings. The quantitative estimate of drug-likeness (QED) is 0.797. The lowest BCUT2D eigenvalue weighted by atomic mass is 9.94. The molecule has 1 N–H and O–H groups in total. The molecule has 2 atom stereocenters. The van der Waals surface area contributed by atoms with Crippen LogP contribution in [0.25, 0.3) is 0 Å². The van der Waals surface area contributed by atoms with Crippen molar-refractivity contribution >= 4 is 11.3 Å². The van der Waals surface area contributed by atoms with Crippen molar-refractivity contribution in [3.8, 4) is 0 Å². The van der Waals surface area contributed by atoms with Gasteiger partial charge in [0.25, 0.3) is 0 Å². The highest BCUT2D eigenvalue weighted by molar-refractivity contribution is 7.12. The van der Waals surface area contributed by atoms with Crippen molar-refractivity contribution < 1.29 is 0 Å². The molecule has 0 aliphatic carbocycles. The van der Waals surface area contributed by atoms with Crippen molar-refractivity contribution in [3.63, 3.8) is 0 Å². The van der Waals surface area contributed by atoms with Crippen LogP contribution in [0.4, 0.5) is 0 Å². The SMILES string of the molecule is CCC(C)CC(NC)c1cc(C)sc1C. The summed E-state index contributed by atoms with van der Waals surface area (Å²) in [5.41, 5.74) is 1.50. The summed E-state index contributed by atoms with van der Waals surface area (Å²) in [6.45, 7) is 9.02. The Morgan fingerprint density at radius 1 is 1.40 bits per heavy atom. The third kappa shape index (κ3) is 3.32. The fourth-order valence-corrected chi connectivity index (χ4v) is 2.95. The van der Waals surface area contributed by atoms with Crippen molar-refractivity contribution in [1.82, 2.24) is 5.32 Å². The summed E-state index contributed by atoms with van der Waals surface area (Å²) in [6.07, 6.45) is 2.50. The summed E-state index contributed by atoms with van der Waals surface area (Å²) >= 11 is 1.91. The Kier molecular flexibility index (Phi) is 4.81. The van der Waals surface area contributed by atoms with Crippen LogP contribution in [0.15, 0.2) is 6.07 Å². The Morgan fingerprint density at radius 2 is 2.07 bits per heavy atom. The van der Waals surface area contributed by atoms with Crippen LogP contribution in [0.5, 0.6) is 0 Å². The minimum Gasteiger partial charge on any atom is -0.313 e. The average molecular weight is 225 g/mol. The first kappa shape index (κ1) is 12.7. The van der Waals surface area contributed by atoms with Crippen molar-refractivity contribution in [3.05, 3.63) is 21.4 Å². The van der Waals surface area contributed by atoms with E-state index in [0.717, 1.165) is 5.92 Å². The lowest BCUT2D eigenvalue weighted by Gasteiger charge is -2.19. The van der Waals surface area contributed by atoms with Crippen LogP contribution in [0.2, 0.25) is 0 Å². The third-order valence-corrected chi connectivity index (χ3v) is 4.12. The molecule has 2 heteroatoms. The molecular formula is C13H23NS. The van der Waals surface area contributed by atoms with E-state index in [1.165, 1.54) is 28.2 Å². The molecule has 0 bridgehead atoms. The van der Waals surface area contributed by atoms with Gasteiger partial charge < -0.3 is 5.32 Å². The fraction of sp³-hybridized carbons (Fsp3) is 0.692. The molecule has 0 amide bonds. The number of aryl methyl sites for hydroxylation is 2. The molecule has 2 unspecified atom stereocenters. The van der Waals surface area contributed by atoms with E-state index in [1.54, 1.807) is 0 Å². The van der Waals surface area contributed by atoms with Gasteiger partial charge in [-0.25, -0.2) is 0 Å². The van der Waals surface area contributed by atoms with Gasteiger partial charge in [0.15, 0.2) is 0 Å². The largest absolute Gasteiger partial charge is 0.313 e. The van der Waals surface area contributed by atoms with Crippen LogP contribution in [-0.2, 0) is 0 Å². The van der Waals surface area contributed by atoms with E-state index in [4.69, 9.17) is 0 Å². The molecule has 1 rings (SSSR count). The molecule has 0 radical (unpaired) electrons. The average Bonchev–Trinajstić information content (AvgIpc) is 2.54. The monoisotopic (exact) mass is 225 g/mol. The lowest BCUT2D eigenvalue weighted by Crippen LogP contribution is -2.19. The van der Waals surface area contributed by atoms with E-state index in [9.17, 15) is 0 Å². The third-order valence-electron chi connectivity index (χ3n) is 3.14. The van der Waals surface area contributed by atoms with Gasteiger partial charge in [-0.1, -0.05) is 20.3 Å². The highest BCUT2D eigenvalue weighted by atomic mass is 32.1. The van der Waals surface area contributed by atoms with Crippen LogP contribution in [-0.4, -0.2) is 7.05 Å². The van der Waals surface area contributed by atoms with Crippen molar-refractivity contribution in [1.29, 1.82) is 0 Å². The molecule has 86 valence electrons. The van der Waals surface area contributed by atoms with Gasteiger partial charge in [0.1, 0.15) is 0 Å². The van der Waals surface area contributed by atoms with E-state index in [2.05, 4.69) is 46.1 Å². The van der Waals surface area contributed by atoms with Crippen LogP contribution in [0.1, 0.15) is 48.0 Å². The maximum atomic E-state index is 3.44. The summed E-state index contributed by atoms with van der Waals surface area (Å²) in [6, 6.07) is 2.87. The number of thiophene rings is 1. The number of rotatable bonds is 5. The fourth-order valence-electron chi connectivity index (χ4n) is 1.97. The summed E-state index contributed by atoms with van der Waals surface area (Å²) in [5, 5.41) is 3.44. The maximum absolute atomic E-state index is 3.44. The van der Waals surface area contributed by atoms with E-state index < -0.39 is 0 Å². The Hall–Kier alpha value is -0.340. The second kappa shape index (κ2) is 5.66. The molecule has 1 aromatic rings. The molecule has 1 aromatic heterocycles. The van der Waals surface area contributed by atoms with Gasteiger partial charge in [-0.3, -0.25) is 0 Å². The standard InChI is InChI=1S/C13H23NS/c1-6-9(2)7-13(14-5)12-8-10(3)15-11(12)4/h8-9,13-14H,6-7H2,1-5H3. The first-order chi connectivity index (χ1) is 7.08. The van der Waals surface area contributed by atoms with Crippen molar-refractivity contribution in [2.75, 3.05) is 7.05 Å². The summed E-state index contributed by atoms with van der Waals surface area (Å²) in [7, 11) is 2.07. The predicted octanol–water partition coefficient (Wildman–Crippen LogP) is 4.06. The van der Waals surface area contributed by atoms with Gasteiger partial charge in [0, 0.05) is 15.8 Å². The molecule has 0 spiro atoms. The van der Waals surface area contributed by atoms with Gasteiger partial charge in [0.2, 0.25) is 0 Å². The molecule has 0 aliphatic heterocycles. The Bertz CT molecular complexity index is 303. The van der Waals surface area contributed by atoms with Crippen LogP contribution < -0.4 is 5.32 Å². The normalized spacial score (nSPS) is 15.3. The topological polar surface area (TPSA) is 12.0 Å². The highest BCUT2D eigenvalue weighted by Crippen LogP contribution is 2.30. The maximum Gasteiger partial charge on any atom is 0.0331 e. The number of nitrogens with one attached hydrogen (secondary N) is 1. The molecule has 0 saturated carbocycles. The zero-order valence-corrected chi connectivity index (χ0v) is 11.4. The Balaban J connectivity index is 2.78. The summed E-state index contributed by atoms with van der Waals surface area (Å²) in [5.74, 6) is 0.794. The second-order valence-corrected chi connectivity index (χ2v) is 5.92. The van der Waals surface area contributed by atoms with Crippen molar-refractivity contribution in [2.24, 2.45) is 5.92 Å². The van der Waals surface area contributed by atoms with Gasteiger partial charge in [-0.15, -0.1) is 11.3 Å². The number of hydrogen-bond acceptors (Lipinski definition) is 2. The van der Waals surface area contributed by atoms with Gasteiger partial charge in [-0.05, 0) is 44.9 Å². The van der Waals surface area contributed by atoms with Crippen LogP contribution in [0.3, 0.4) is 0 Å². The molecular weight excluding hydrogens is 202 g/mol. The Morgan fingerprint density at radius 3 is 2.47 bits per heavy atom. The molecule has 0 fully saturated rings. The first-order valence-corrected chi connectivity index (χ1v) is 6.64. The van der Waals surface area contributed by atoms with Crippen LogP contribution in [0, 0.1) is 19.8 Å².